The molecule has 2 aromatic rings. The van der Waals surface area contributed by atoms with Crippen LogP contribution in [0, 0.1) is 6.92 Å². The summed E-state index contributed by atoms with van der Waals surface area (Å²) in [5.41, 5.74) is 2.71. The van der Waals surface area contributed by atoms with Gasteiger partial charge in [0.05, 0.1) is 16.3 Å². The zero-order valence-corrected chi connectivity index (χ0v) is 18.6. The maximum absolute atomic E-state index is 13.0. The summed E-state index contributed by atoms with van der Waals surface area (Å²) in [6.45, 7) is 6.34. The molecule has 1 heterocycles. The van der Waals surface area contributed by atoms with E-state index in [9.17, 15) is 13.2 Å². The highest BCUT2D eigenvalue weighted by molar-refractivity contribution is 7.92. The molecule has 1 saturated heterocycles. The molecule has 0 atom stereocenters. The molecular formula is C23H31N3O3S. The maximum atomic E-state index is 13.0. The number of amides is 1. The van der Waals surface area contributed by atoms with Gasteiger partial charge < -0.3 is 10.2 Å². The highest BCUT2D eigenvalue weighted by atomic mass is 32.2. The normalized spacial score (nSPS) is 14.4. The van der Waals surface area contributed by atoms with Gasteiger partial charge in [-0.2, -0.15) is 0 Å². The van der Waals surface area contributed by atoms with Gasteiger partial charge in [-0.1, -0.05) is 31.0 Å². The largest absolute Gasteiger partial charge is 0.370 e. The molecule has 0 aliphatic carbocycles. The fourth-order valence-electron chi connectivity index (χ4n) is 3.57. The van der Waals surface area contributed by atoms with Crippen molar-refractivity contribution < 1.29 is 13.2 Å². The molecule has 7 heteroatoms. The summed E-state index contributed by atoms with van der Waals surface area (Å²) in [5.74, 6) is -0.190. The molecule has 2 aromatic carbocycles. The van der Waals surface area contributed by atoms with Crippen LogP contribution in [0.2, 0.25) is 0 Å². The first-order valence-corrected chi connectivity index (χ1v) is 12.2. The van der Waals surface area contributed by atoms with Crippen molar-refractivity contribution in [1.82, 2.24) is 5.32 Å². The van der Waals surface area contributed by atoms with Gasteiger partial charge in [0.1, 0.15) is 0 Å². The number of carbonyl (C=O) groups excluding carboxylic acids is 1. The zero-order chi connectivity index (χ0) is 21.6. The van der Waals surface area contributed by atoms with Crippen LogP contribution in [0.15, 0.2) is 47.4 Å². The molecule has 0 radical (unpaired) electrons. The molecule has 162 valence electrons. The van der Waals surface area contributed by atoms with Crippen molar-refractivity contribution in [3.05, 3.63) is 53.6 Å². The number of anilines is 2. The Hall–Kier alpha value is -2.54. The van der Waals surface area contributed by atoms with E-state index in [4.69, 9.17) is 0 Å². The Bertz CT molecular complexity index is 966. The van der Waals surface area contributed by atoms with Crippen molar-refractivity contribution in [2.75, 3.05) is 29.3 Å². The van der Waals surface area contributed by atoms with Crippen molar-refractivity contribution in [3.63, 3.8) is 0 Å². The topological polar surface area (TPSA) is 78.5 Å². The Kier molecular flexibility index (Phi) is 7.37. The summed E-state index contributed by atoms with van der Waals surface area (Å²) in [7, 11) is -3.76. The summed E-state index contributed by atoms with van der Waals surface area (Å²) in [4.78, 5) is 14.9. The van der Waals surface area contributed by atoms with E-state index in [0.717, 1.165) is 50.0 Å². The zero-order valence-electron chi connectivity index (χ0n) is 17.8. The predicted molar refractivity (Wildman–Crippen MR) is 122 cm³/mol. The van der Waals surface area contributed by atoms with E-state index in [-0.39, 0.29) is 10.8 Å². The summed E-state index contributed by atoms with van der Waals surface area (Å²) in [6, 6.07) is 12.0. The molecule has 2 N–H and O–H groups in total. The number of unbranched alkanes of at least 4 members (excludes halogenated alkanes) is 1. The second-order valence-electron chi connectivity index (χ2n) is 7.81. The molecule has 0 unspecified atom stereocenters. The number of hydrogen-bond acceptors (Lipinski definition) is 4. The van der Waals surface area contributed by atoms with Crippen molar-refractivity contribution in [2.24, 2.45) is 0 Å². The Balaban J connectivity index is 1.92. The summed E-state index contributed by atoms with van der Waals surface area (Å²) in [6.07, 6.45) is 5.23. The van der Waals surface area contributed by atoms with Crippen molar-refractivity contribution in [2.45, 2.75) is 50.8 Å². The lowest BCUT2D eigenvalue weighted by Crippen LogP contribution is -2.31. The summed E-state index contributed by atoms with van der Waals surface area (Å²) >= 11 is 0. The van der Waals surface area contributed by atoms with Gasteiger partial charge in [-0.15, -0.1) is 0 Å². The molecule has 0 saturated carbocycles. The Labute approximate surface area is 179 Å². The lowest BCUT2D eigenvalue weighted by Gasteiger charge is -2.31. The Morgan fingerprint density at radius 3 is 2.40 bits per heavy atom. The van der Waals surface area contributed by atoms with Crippen LogP contribution in [-0.4, -0.2) is 34.0 Å². The number of benzene rings is 2. The van der Waals surface area contributed by atoms with E-state index in [1.54, 1.807) is 36.4 Å². The van der Waals surface area contributed by atoms with E-state index in [1.807, 2.05) is 13.0 Å². The van der Waals surface area contributed by atoms with Crippen LogP contribution in [0.1, 0.15) is 54.9 Å². The van der Waals surface area contributed by atoms with Gasteiger partial charge in [0.25, 0.3) is 15.9 Å². The second kappa shape index (κ2) is 9.98. The molecular weight excluding hydrogens is 398 g/mol. The first-order chi connectivity index (χ1) is 14.4. The predicted octanol–water partition coefficient (Wildman–Crippen LogP) is 4.32. The quantitative estimate of drug-likeness (QED) is 0.613. The van der Waals surface area contributed by atoms with Crippen LogP contribution in [-0.2, 0) is 10.0 Å². The third kappa shape index (κ3) is 5.53. The third-order valence-electron chi connectivity index (χ3n) is 5.35. The van der Waals surface area contributed by atoms with Gasteiger partial charge in [-0.05, 0) is 62.9 Å². The maximum Gasteiger partial charge on any atom is 0.261 e. The van der Waals surface area contributed by atoms with E-state index in [0.29, 0.717) is 17.8 Å². The van der Waals surface area contributed by atoms with Gasteiger partial charge in [0.2, 0.25) is 0 Å². The average molecular weight is 430 g/mol. The summed E-state index contributed by atoms with van der Waals surface area (Å²) < 4.78 is 28.8. The van der Waals surface area contributed by atoms with Crippen LogP contribution >= 0.6 is 0 Å². The Morgan fingerprint density at radius 1 is 1.03 bits per heavy atom. The van der Waals surface area contributed by atoms with Gasteiger partial charge in [0, 0.05) is 25.2 Å². The van der Waals surface area contributed by atoms with Gasteiger partial charge >= 0.3 is 0 Å². The number of piperidine rings is 1. The minimum atomic E-state index is -3.76. The van der Waals surface area contributed by atoms with Gasteiger partial charge in [-0.3, -0.25) is 9.52 Å². The van der Waals surface area contributed by atoms with E-state index < -0.39 is 10.0 Å². The van der Waals surface area contributed by atoms with Crippen molar-refractivity contribution >= 4 is 27.3 Å². The third-order valence-corrected chi connectivity index (χ3v) is 6.73. The minimum Gasteiger partial charge on any atom is -0.370 e. The lowest BCUT2D eigenvalue weighted by atomic mass is 10.1. The SMILES string of the molecule is CCCCNC(=O)c1ccc(N2CCCCC2)c(NS(=O)(=O)c2ccc(C)cc2)c1. The number of nitrogens with one attached hydrogen (secondary N) is 2. The van der Waals surface area contributed by atoms with E-state index in [2.05, 4.69) is 21.9 Å². The molecule has 1 aliphatic heterocycles. The number of carbonyl (C=O) groups is 1. The number of nitrogens with zero attached hydrogens (tertiary/aromatic N) is 1. The lowest BCUT2D eigenvalue weighted by molar-refractivity contribution is 0.0953. The van der Waals surface area contributed by atoms with Crippen LogP contribution in [0.25, 0.3) is 0 Å². The number of rotatable bonds is 8. The molecule has 1 aliphatic rings. The highest BCUT2D eigenvalue weighted by Crippen LogP contribution is 2.31. The molecule has 0 bridgehead atoms. The number of hydrogen-bond donors (Lipinski definition) is 2. The molecule has 30 heavy (non-hydrogen) atoms. The molecule has 0 spiro atoms. The van der Waals surface area contributed by atoms with E-state index >= 15 is 0 Å². The average Bonchev–Trinajstić information content (AvgIpc) is 2.74. The van der Waals surface area contributed by atoms with Gasteiger partial charge in [0.15, 0.2) is 0 Å². The monoisotopic (exact) mass is 429 g/mol. The highest BCUT2D eigenvalue weighted by Gasteiger charge is 2.21. The molecule has 3 rings (SSSR count). The summed E-state index contributed by atoms with van der Waals surface area (Å²) in [5, 5.41) is 2.90. The molecule has 0 aromatic heterocycles. The van der Waals surface area contributed by atoms with Crippen LogP contribution in [0.3, 0.4) is 0 Å². The second-order valence-corrected chi connectivity index (χ2v) is 9.49. The van der Waals surface area contributed by atoms with Crippen molar-refractivity contribution in [1.29, 1.82) is 0 Å². The molecule has 1 amide bonds. The smallest absolute Gasteiger partial charge is 0.261 e. The van der Waals surface area contributed by atoms with Gasteiger partial charge in [-0.25, -0.2) is 8.42 Å². The minimum absolute atomic E-state index is 0.190. The Morgan fingerprint density at radius 2 is 1.73 bits per heavy atom. The first-order valence-electron chi connectivity index (χ1n) is 10.7. The molecule has 6 nitrogen and oxygen atoms in total. The van der Waals surface area contributed by atoms with Crippen molar-refractivity contribution in [3.8, 4) is 0 Å². The standard InChI is InChI=1S/C23H31N3O3S/c1-3-4-14-24-23(27)19-10-13-22(26-15-6-5-7-16-26)21(17-19)25-30(28,29)20-11-8-18(2)9-12-20/h8-13,17,25H,3-7,14-16H2,1-2H3,(H,24,27). The number of aryl methyl sites for hydroxylation is 1. The fourth-order valence-corrected chi connectivity index (χ4v) is 4.64. The van der Waals surface area contributed by atoms with Crippen LogP contribution in [0.5, 0.6) is 0 Å². The van der Waals surface area contributed by atoms with Crippen LogP contribution < -0.4 is 14.9 Å². The van der Waals surface area contributed by atoms with Crippen LogP contribution in [0.4, 0.5) is 11.4 Å². The fraction of sp³-hybridized carbons (Fsp3) is 0.435. The first kappa shape index (κ1) is 22.2. The van der Waals surface area contributed by atoms with E-state index in [1.165, 1.54) is 6.42 Å². The molecule has 1 fully saturated rings. The number of sulfonamides is 1.